The van der Waals surface area contributed by atoms with E-state index in [0.717, 1.165) is 38.5 Å². The molecule has 1 atom stereocenters. The normalized spacial score (nSPS) is 32.7. The Labute approximate surface area is 88.2 Å². The largest absolute Gasteiger partial charge is 0.390 e. The highest BCUT2D eigenvalue weighted by molar-refractivity contribution is 5.06. The molecular formula is C13H24O. The Hall–Kier alpha value is -0.300. The second kappa shape index (κ2) is 4.06. The van der Waals surface area contributed by atoms with E-state index in [2.05, 4.69) is 27.4 Å². The van der Waals surface area contributed by atoms with Crippen LogP contribution in [-0.4, -0.2) is 10.7 Å². The number of hydrogen-bond donors (Lipinski definition) is 1. The number of aliphatic hydroxyl groups is 1. The molecule has 0 spiro atoms. The van der Waals surface area contributed by atoms with Crippen LogP contribution in [-0.2, 0) is 0 Å². The van der Waals surface area contributed by atoms with E-state index in [4.69, 9.17) is 0 Å². The van der Waals surface area contributed by atoms with Crippen molar-refractivity contribution < 1.29 is 5.11 Å². The first-order valence-electron chi connectivity index (χ1n) is 5.76. The molecule has 0 amide bonds. The third-order valence-corrected chi connectivity index (χ3v) is 3.26. The maximum atomic E-state index is 10.5. The lowest BCUT2D eigenvalue weighted by atomic mass is 9.77. The van der Waals surface area contributed by atoms with Gasteiger partial charge >= 0.3 is 0 Å². The molecule has 0 radical (unpaired) electrons. The second-order valence-corrected chi connectivity index (χ2v) is 5.74. The summed E-state index contributed by atoms with van der Waals surface area (Å²) in [7, 11) is 0. The van der Waals surface area contributed by atoms with Crippen molar-refractivity contribution in [2.45, 2.75) is 64.9 Å². The highest BCUT2D eigenvalue weighted by Gasteiger charge is 2.36. The van der Waals surface area contributed by atoms with Gasteiger partial charge in [0.1, 0.15) is 0 Å². The van der Waals surface area contributed by atoms with Crippen LogP contribution in [0.4, 0.5) is 0 Å². The summed E-state index contributed by atoms with van der Waals surface area (Å²) in [6, 6.07) is 0. The Morgan fingerprint density at radius 3 is 2.64 bits per heavy atom. The average Bonchev–Trinajstić information content (AvgIpc) is 2.08. The molecule has 0 aromatic heterocycles. The van der Waals surface area contributed by atoms with Crippen molar-refractivity contribution >= 4 is 0 Å². The van der Waals surface area contributed by atoms with E-state index < -0.39 is 5.60 Å². The minimum absolute atomic E-state index is 0.267. The molecule has 1 N–H and O–H groups in total. The molecule has 1 rings (SSSR count). The van der Waals surface area contributed by atoms with E-state index in [1.54, 1.807) is 0 Å². The predicted molar refractivity (Wildman–Crippen MR) is 61.2 cm³/mol. The third-order valence-electron chi connectivity index (χ3n) is 3.26. The van der Waals surface area contributed by atoms with E-state index in [0.29, 0.717) is 0 Å². The maximum Gasteiger partial charge on any atom is 0.0689 e. The summed E-state index contributed by atoms with van der Waals surface area (Å²) < 4.78 is 0. The molecular weight excluding hydrogens is 172 g/mol. The maximum absolute atomic E-state index is 10.5. The van der Waals surface area contributed by atoms with Gasteiger partial charge in [-0.3, -0.25) is 0 Å². The lowest BCUT2D eigenvalue weighted by Gasteiger charge is -2.33. The highest BCUT2D eigenvalue weighted by Crippen LogP contribution is 2.42. The standard InChI is InChI=1S/C13H24O/c1-5-7-13(14)9-11(2)6-8-12(3,4)10-13/h14H,2,5-10H2,1,3-4H3. The van der Waals surface area contributed by atoms with Crippen molar-refractivity contribution in [3.05, 3.63) is 12.2 Å². The predicted octanol–water partition coefficient (Wildman–Crippen LogP) is 3.67. The van der Waals surface area contributed by atoms with Crippen LogP contribution in [0, 0.1) is 5.41 Å². The summed E-state index contributed by atoms with van der Waals surface area (Å²) in [5.41, 5.74) is 1.02. The molecule has 1 aliphatic rings. The molecule has 1 saturated carbocycles. The van der Waals surface area contributed by atoms with Crippen molar-refractivity contribution in [2.24, 2.45) is 5.41 Å². The fraction of sp³-hybridized carbons (Fsp3) is 0.846. The SMILES string of the molecule is C=C1CCC(C)(C)CC(O)(CCC)C1. The zero-order valence-electron chi connectivity index (χ0n) is 9.90. The zero-order chi connectivity index (χ0) is 10.8. The minimum atomic E-state index is -0.480. The molecule has 82 valence electrons. The molecule has 0 aromatic carbocycles. The molecule has 1 heteroatoms. The zero-order valence-corrected chi connectivity index (χ0v) is 9.90. The minimum Gasteiger partial charge on any atom is -0.390 e. The smallest absolute Gasteiger partial charge is 0.0689 e. The molecule has 1 unspecified atom stereocenters. The summed E-state index contributed by atoms with van der Waals surface area (Å²) in [6.07, 6.45) is 5.95. The van der Waals surface area contributed by atoms with Crippen molar-refractivity contribution in [2.75, 3.05) is 0 Å². The molecule has 14 heavy (non-hydrogen) atoms. The van der Waals surface area contributed by atoms with E-state index in [1.807, 2.05) is 0 Å². The van der Waals surface area contributed by atoms with Crippen LogP contribution in [0.2, 0.25) is 0 Å². The monoisotopic (exact) mass is 196 g/mol. The Balaban J connectivity index is 2.78. The Kier molecular flexibility index (Phi) is 3.41. The van der Waals surface area contributed by atoms with E-state index >= 15 is 0 Å². The van der Waals surface area contributed by atoms with E-state index in [1.165, 1.54) is 5.57 Å². The van der Waals surface area contributed by atoms with Crippen LogP contribution in [0.5, 0.6) is 0 Å². The second-order valence-electron chi connectivity index (χ2n) is 5.74. The number of rotatable bonds is 2. The first-order chi connectivity index (χ1) is 6.37. The van der Waals surface area contributed by atoms with Gasteiger partial charge in [-0.05, 0) is 37.5 Å². The van der Waals surface area contributed by atoms with Gasteiger partial charge in [-0.1, -0.05) is 39.3 Å². The summed E-state index contributed by atoms with van der Waals surface area (Å²) in [6.45, 7) is 10.7. The van der Waals surface area contributed by atoms with E-state index in [9.17, 15) is 5.11 Å². The van der Waals surface area contributed by atoms with Gasteiger partial charge in [0.05, 0.1) is 5.60 Å². The van der Waals surface area contributed by atoms with Gasteiger partial charge < -0.3 is 5.11 Å². The molecule has 0 bridgehead atoms. The van der Waals surface area contributed by atoms with Gasteiger partial charge in [0.2, 0.25) is 0 Å². The van der Waals surface area contributed by atoms with Gasteiger partial charge in [-0.15, -0.1) is 0 Å². The van der Waals surface area contributed by atoms with Crippen molar-refractivity contribution in [3.63, 3.8) is 0 Å². The summed E-state index contributed by atoms with van der Waals surface area (Å²) in [5, 5.41) is 10.5. The van der Waals surface area contributed by atoms with Crippen LogP contribution >= 0.6 is 0 Å². The first-order valence-corrected chi connectivity index (χ1v) is 5.76. The van der Waals surface area contributed by atoms with Gasteiger partial charge in [-0.2, -0.15) is 0 Å². The molecule has 0 heterocycles. The quantitative estimate of drug-likeness (QED) is 0.527. The summed E-state index contributed by atoms with van der Waals surface area (Å²) >= 11 is 0. The lowest BCUT2D eigenvalue weighted by molar-refractivity contribution is -0.00438. The molecule has 1 aliphatic carbocycles. The Morgan fingerprint density at radius 2 is 2.07 bits per heavy atom. The van der Waals surface area contributed by atoms with Crippen molar-refractivity contribution in [3.8, 4) is 0 Å². The van der Waals surface area contributed by atoms with Gasteiger partial charge in [0.15, 0.2) is 0 Å². The highest BCUT2D eigenvalue weighted by atomic mass is 16.3. The van der Waals surface area contributed by atoms with Crippen molar-refractivity contribution in [1.29, 1.82) is 0 Å². The van der Waals surface area contributed by atoms with Gasteiger partial charge in [-0.25, -0.2) is 0 Å². The Bertz CT molecular complexity index is 217. The average molecular weight is 196 g/mol. The Morgan fingerprint density at radius 1 is 1.43 bits per heavy atom. The summed E-state index contributed by atoms with van der Waals surface area (Å²) in [5.74, 6) is 0. The van der Waals surface area contributed by atoms with Crippen LogP contribution in [0.25, 0.3) is 0 Å². The van der Waals surface area contributed by atoms with Crippen LogP contribution in [0.1, 0.15) is 59.3 Å². The van der Waals surface area contributed by atoms with Crippen LogP contribution in [0.15, 0.2) is 12.2 Å². The molecule has 0 saturated heterocycles. The van der Waals surface area contributed by atoms with Crippen LogP contribution in [0.3, 0.4) is 0 Å². The fourth-order valence-electron chi connectivity index (χ4n) is 2.75. The topological polar surface area (TPSA) is 20.2 Å². The lowest BCUT2D eigenvalue weighted by Crippen LogP contribution is -2.33. The number of hydrogen-bond acceptors (Lipinski definition) is 1. The summed E-state index contributed by atoms with van der Waals surface area (Å²) in [4.78, 5) is 0. The molecule has 1 fully saturated rings. The molecule has 0 aliphatic heterocycles. The third kappa shape index (κ3) is 3.13. The van der Waals surface area contributed by atoms with Gasteiger partial charge in [0, 0.05) is 0 Å². The fourth-order valence-corrected chi connectivity index (χ4v) is 2.75. The molecule has 1 nitrogen and oxygen atoms in total. The van der Waals surface area contributed by atoms with E-state index in [-0.39, 0.29) is 5.41 Å². The van der Waals surface area contributed by atoms with Gasteiger partial charge in [0.25, 0.3) is 0 Å². The molecule has 0 aromatic rings. The van der Waals surface area contributed by atoms with Crippen molar-refractivity contribution in [1.82, 2.24) is 0 Å². The first kappa shape index (κ1) is 11.8. The van der Waals surface area contributed by atoms with Crippen LogP contribution < -0.4 is 0 Å².